The predicted octanol–water partition coefficient (Wildman–Crippen LogP) is 2.21. The Morgan fingerprint density at radius 1 is 1.22 bits per heavy atom. The van der Waals surface area contributed by atoms with Crippen molar-refractivity contribution in [2.24, 2.45) is 5.92 Å². The fourth-order valence-electron chi connectivity index (χ4n) is 2.70. The van der Waals surface area contributed by atoms with Gasteiger partial charge in [-0.1, -0.05) is 6.92 Å². The second-order valence-corrected chi connectivity index (χ2v) is 5.83. The Morgan fingerprint density at radius 3 is 2.43 bits per heavy atom. The third-order valence-electron chi connectivity index (χ3n) is 4.19. The molecule has 1 aromatic heterocycles. The molecule has 122 valence electrons. The van der Waals surface area contributed by atoms with Crippen molar-refractivity contribution in [3.8, 4) is 11.4 Å². The van der Waals surface area contributed by atoms with Crippen molar-refractivity contribution in [2.45, 2.75) is 19.8 Å². The highest BCUT2D eigenvalue weighted by Gasteiger charge is 2.26. The van der Waals surface area contributed by atoms with E-state index in [-0.39, 0.29) is 5.69 Å². The van der Waals surface area contributed by atoms with Gasteiger partial charge < -0.3 is 14.7 Å². The van der Waals surface area contributed by atoms with Crippen LogP contribution in [-0.4, -0.2) is 46.3 Å². The number of piperidine rings is 1. The van der Waals surface area contributed by atoms with E-state index in [1.165, 1.54) is 4.80 Å². The number of methoxy groups -OCH3 is 1. The van der Waals surface area contributed by atoms with Crippen LogP contribution in [0.5, 0.6) is 5.75 Å². The lowest BCUT2D eigenvalue weighted by Gasteiger charge is -2.30. The predicted molar refractivity (Wildman–Crippen MR) is 85.5 cm³/mol. The minimum Gasteiger partial charge on any atom is -0.497 e. The van der Waals surface area contributed by atoms with Crippen LogP contribution in [0.15, 0.2) is 24.3 Å². The quantitative estimate of drug-likeness (QED) is 0.931. The molecule has 1 N–H and O–H groups in total. The zero-order valence-electron chi connectivity index (χ0n) is 13.3. The maximum atomic E-state index is 11.5. The molecule has 1 aliphatic rings. The van der Waals surface area contributed by atoms with Crippen molar-refractivity contribution < 1.29 is 14.6 Å². The minimum atomic E-state index is -1.06. The molecule has 7 heteroatoms. The van der Waals surface area contributed by atoms with E-state index >= 15 is 0 Å². The number of aromatic carboxylic acids is 1. The van der Waals surface area contributed by atoms with Gasteiger partial charge >= 0.3 is 5.97 Å². The first-order chi connectivity index (χ1) is 11.1. The van der Waals surface area contributed by atoms with E-state index in [1.807, 2.05) is 4.90 Å². The van der Waals surface area contributed by atoms with E-state index in [9.17, 15) is 9.90 Å². The number of carboxylic acid groups (broad SMARTS) is 1. The Bertz CT molecular complexity index is 688. The van der Waals surface area contributed by atoms with Crippen molar-refractivity contribution in [1.82, 2.24) is 15.0 Å². The van der Waals surface area contributed by atoms with Gasteiger partial charge in [0.1, 0.15) is 5.75 Å². The number of nitrogens with zero attached hydrogens (tertiary/aromatic N) is 4. The third-order valence-corrected chi connectivity index (χ3v) is 4.19. The number of benzene rings is 1. The molecular formula is C16H20N4O3. The molecule has 0 amide bonds. The zero-order chi connectivity index (χ0) is 16.4. The van der Waals surface area contributed by atoms with Crippen LogP contribution < -0.4 is 9.64 Å². The standard InChI is InChI=1S/C16H20N4O3/c1-11-7-9-19(10-8-11)15-14(16(21)22)17-20(18-15)12-3-5-13(23-2)6-4-12/h3-6,11H,7-10H2,1-2H3,(H,21,22). The fourth-order valence-corrected chi connectivity index (χ4v) is 2.70. The summed E-state index contributed by atoms with van der Waals surface area (Å²) in [4.78, 5) is 14.9. The molecule has 0 radical (unpaired) electrons. The lowest BCUT2D eigenvalue weighted by molar-refractivity contribution is 0.0690. The largest absolute Gasteiger partial charge is 0.497 e. The number of anilines is 1. The van der Waals surface area contributed by atoms with Gasteiger partial charge in [0.15, 0.2) is 5.82 Å². The number of carbonyl (C=O) groups is 1. The van der Waals surface area contributed by atoms with Crippen molar-refractivity contribution in [1.29, 1.82) is 0 Å². The molecule has 0 atom stereocenters. The molecule has 0 bridgehead atoms. The Kier molecular flexibility index (Phi) is 4.18. The molecule has 2 aromatic rings. The summed E-state index contributed by atoms with van der Waals surface area (Å²) in [5, 5.41) is 18.0. The summed E-state index contributed by atoms with van der Waals surface area (Å²) in [6, 6.07) is 7.18. The number of carboxylic acids is 1. The Labute approximate surface area is 134 Å². The highest BCUT2D eigenvalue weighted by Crippen LogP contribution is 2.25. The van der Waals surface area contributed by atoms with Crippen molar-refractivity contribution in [3.05, 3.63) is 30.0 Å². The molecule has 0 unspecified atom stereocenters. The smallest absolute Gasteiger partial charge is 0.360 e. The SMILES string of the molecule is COc1ccc(-n2nc(C(=O)O)c(N3CCC(C)CC3)n2)cc1. The average Bonchev–Trinajstić information content (AvgIpc) is 3.01. The lowest BCUT2D eigenvalue weighted by Crippen LogP contribution is -2.34. The van der Waals surface area contributed by atoms with Crippen LogP contribution in [0.4, 0.5) is 5.82 Å². The van der Waals surface area contributed by atoms with Gasteiger partial charge in [0.2, 0.25) is 5.69 Å². The second-order valence-electron chi connectivity index (χ2n) is 5.83. The summed E-state index contributed by atoms with van der Waals surface area (Å²) in [6.07, 6.45) is 2.07. The van der Waals surface area contributed by atoms with Crippen LogP contribution in [-0.2, 0) is 0 Å². The molecule has 0 spiro atoms. The van der Waals surface area contributed by atoms with Gasteiger partial charge in [-0.15, -0.1) is 15.0 Å². The lowest BCUT2D eigenvalue weighted by atomic mass is 9.99. The van der Waals surface area contributed by atoms with Crippen molar-refractivity contribution in [2.75, 3.05) is 25.1 Å². The first-order valence-electron chi connectivity index (χ1n) is 7.68. The highest BCUT2D eigenvalue weighted by molar-refractivity contribution is 5.91. The fraction of sp³-hybridized carbons (Fsp3) is 0.438. The summed E-state index contributed by atoms with van der Waals surface area (Å²) < 4.78 is 5.12. The van der Waals surface area contributed by atoms with Crippen LogP contribution in [0, 0.1) is 5.92 Å². The molecule has 7 nitrogen and oxygen atoms in total. The van der Waals surface area contributed by atoms with E-state index in [1.54, 1.807) is 31.4 Å². The molecule has 1 aromatic carbocycles. The summed E-state index contributed by atoms with van der Waals surface area (Å²) in [6.45, 7) is 3.83. The zero-order valence-corrected chi connectivity index (χ0v) is 13.3. The molecule has 1 aliphatic heterocycles. The minimum absolute atomic E-state index is 0.00429. The molecular weight excluding hydrogens is 296 g/mol. The molecule has 1 fully saturated rings. The van der Waals surface area contributed by atoms with Crippen LogP contribution >= 0.6 is 0 Å². The molecule has 3 rings (SSSR count). The molecule has 2 heterocycles. The maximum absolute atomic E-state index is 11.5. The highest BCUT2D eigenvalue weighted by atomic mass is 16.5. The van der Waals surface area contributed by atoms with E-state index in [2.05, 4.69) is 17.1 Å². The third kappa shape index (κ3) is 3.13. The number of rotatable bonds is 4. The first-order valence-corrected chi connectivity index (χ1v) is 7.68. The Morgan fingerprint density at radius 2 is 1.87 bits per heavy atom. The van der Waals surface area contributed by atoms with Crippen molar-refractivity contribution >= 4 is 11.8 Å². The summed E-state index contributed by atoms with van der Waals surface area (Å²) >= 11 is 0. The molecule has 0 saturated carbocycles. The van der Waals surface area contributed by atoms with Crippen LogP contribution in [0.25, 0.3) is 5.69 Å². The maximum Gasteiger partial charge on any atom is 0.360 e. The monoisotopic (exact) mass is 316 g/mol. The van der Waals surface area contributed by atoms with E-state index in [4.69, 9.17) is 4.74 Å². The topological polar surface area (TPSA) is 80.5 Å². The van der Waals surface area contributed by atoms with Crippen LogP contribution in [0.2, 0.25) is 0 Å². The molecule has 0 aliphatic carbocycles. The van der Waals surface area contributed by atoms with Crippen molar-refractivity contribution in [3.63, 3.8) is 0 Å². The van der Waals surface area contributed by atoms with Crippen LogP contribution in [0.1, 0.15) is 30.3 Å². The van der Waals surface area contributed by atoms with E-state index in [0.29, 0.717) is 17.4 Å². The molecule has 1 saturated heterocycles. The first kappa shape index (κ1) is 15.3. The normalized spacial score (nSPS) is 15.7. The van der Waals surface area contributed by atoms with Gasteiger partial charge in [-0.05, 0) is 43.0 Å². The van der Waals surface area contributed by atoms with Gasteiger partial charge in [-0.2, -0.15) is 0 Å². The number of aromatic nitrogens is 3. The van der Waals surface area contributed by atoms with E-state index in [0.717, 1.165) is 31.7 Å². The number of ether oxygens (including phenoxy) is 1. The number of hydrogen-bond donors (Lipinski definition) is 1. The van der Waals surface area contributed by atoms with Gasteiger partial charge in [-0.3, -0.25) is 0 Å². The summed E-state index contributed by atoms with van der Waals surface area (Å²) in [5.41, 5.74) is 0.695. The van der Waals surface area contributed by atoms with Gasteiger partial charge in [0.25, 0.3) is 0 Å². The van der Waals surface area contributed by atoms with Gasteiger partial charge in [0.05, 0.1) is 12.8 Å². The van der Waals surface area contributed by atoms with E-state index < -0.39 is 5.97 Å². The van der Waals surface area contributed by atoms with Gasteiger partial charge in [-0.25, -0.2) is 4.79 Å². The summed E-state index contributed by atoms with van der Waals surface area (Å²) in [7, 11) is 1.60. The second kappa shape index (κ2) is 6.28. The van der Waals surface area contributed by atoms with Gasteiger partial charge in [0, 0.05) is 13.1 Å². The summed E-state index contributed by atoms with van der Waals surface area (Å²) in [5.74, 6) is 0.777. The molecule has 23 heavy (non-hydrogen) atoms. The number of hydrogen-bond acceptors (Lipinski definition) is 5. The van der Waals surface area contributed by atoms with Crippen LogP contribution in [0.3, 0.4) is 0 Å². The Balaban J connectivity index is 1.93. The average molecular weight is 316 g/mol. The Hall–Kier alpha value is -2.57.